The summed E-state index contributed by atoms with van der Waals surface area (Å²) in [5, 5.41) is 1.15. The number of hydrogen-bond donors (Lipinski definition) is 2. The fourth-order valence-electron chi connectivity index (χ4n) is 2.18. The van der Waals surface area contributed by atoms with E-state index in [-0.39, 0.29) is 5.97 Å². The van der Waals surface area contributed by atoms with Crippen molar-refractivity contribution in [3.63, 3.8) is 0 Å². The SMILES string of the molecule is CCOC(=O)C(N)Cc1c[nH]c2cccc(C)c12. The summed E-state index contributed by atoms with van der Waals surface area (Å²) in [6, 6.07) is 5.46. The minimum atomic E-state index is -0.608. The van der Waals surface area contributed by atoms with Gasteiger partial charge in [-0.3, -0.25) is 4.79 Å². The van der Waals surface area contributed by atoms with Gasteiger partial charge in [-0.05, 0) is 31.0 Å². The Labute approximate surface area is 106 Å². The third-order valence-electron chi connectivity index (χ3n) is 3.02. The lowest BCUT2D eigenvalue weighted by atomic mass is 10.0. The number of hydrogen-bond acceptors (Lipinski definition) is 3. The van der Waals surface area contributed by atoms with Gasteiger partial charge in [0.15, 0.2) is 0 Å². The zero-order valence-electron chi connectivity index (χ0n) is 10.7. The van der Waals surface area contributed by atoms with E-state index in [1.54, 1.807) is 6.92 Å². The number of carbonyl (C=O) groups excluding carboxylic acids is 1. The van der Waals surface area contributed by atoms with Crippen molar-refractivity contribution < 1.29 is 9.53 Å². The van der Waals surface area contributed by atoms with Crippen molar-refractivity contribution in [2.75, 3.05) is 6.61 Å². The smallest absolute Gasteiger partial charge is 0.323 e. The molecule has 4 heteroatoms. The van der Waals surface area contributed by atoms with Crippen LogP contribution in [0.1, 0.15) is 18.1 Å². The van der Waals surface area contributed by atoms with Gasteiger partial charge >= 0.3 is 5.97 Å². The van der Waals surface area contributed by atoms with Crippen molar-refractivity contribution in [2.45, 2.75) is 26.3 Å². The number of esters is 1. The number of carbonyl (C=O) groups is 1. The zero-order valence-corrected chi connectivity index (χ0v) is 10.7. The summed E-state index contributed by atoms with van der Waals surface area (Å²) in [4.78, 5) is 14.7. The highest BCUT2D eigenvalue weighted by atomic mass is 16.5. The number of aromatic amines is 1. The van der Waals surface area contributed by atoms with Gasteiger partial charge in [0.05, 0.1) is 6.61 Å². The molecule has 1 atom stereocenters. The quantitative estimate of drug-likeness (QED) is 0.810. The molecule has 4 nitrogen and oxygen atoms in total. The predicted molar refractivity (Wildman–Crippen MR) is 71.3 cm³/mol. The van der Waals surface area contributed by atoms with Gasteiger partial charge in [-0.25, -0.2) is 0 Å². The molecule has 0 amide bonds. The van der Waals surface area contributed by atoms with Crippen LogP contribution in [0.5, 0.6) is 0 Å². The number of nitrogens with one attached hydrogen (secondary N) is 1. The van der Waals surface area contributed by atoms with Gasteiger partial charge in [0.25, 0.3) is 0 Å². The Balaban J connectivity index is 2.24. The Hall–Kier alpha value is -1.81. The van der Waals surface area contributed by atoms with Crippen LogP contribution in [-0.2, 0) is 16.0 Å². The van der Waals surface area contributed by atoms with Gasteiger partial charge in [0.1, 0.15) is 6.04 Å². The first kappa shape index (κ1) is 12.6. The average molecular weight is 246 g/mol. The molecular weight excluding hydrogens is 228 g/mol. The third kappa shape index (κ3) is 2.38. The Morgan fingerprint density at radius 1 is 1.50 bits per heavy atom. The number of benzene rings is 1. The van der Waals surface area contributed by atoms with E-state index in [1.165, 1.54) is 5.56 Å². The molecule has 18 heavy (non-hydrogen) atoms. The minimum absolute atomic E-state index is 0.347. The van der Waals surface area contributed by atoms with E-state index >= 15 is 0 Å². The van der Waals surface area contributed by atoms with Crippen molar-refractivity contribution >= 4 is 16.9 Å². The fourth-order valence-corrected chi connectivity index (χ4v) is 2.18. The average Bonchev–Trinajstić information content (AvgIpc) is 2.74. The van der Waals surface area contributed by atoms with Crippen LogP contribution in [0.2, 0.25) is 0 Å². The van der Waals surface area contributed by atoms with E-state index in [0.717, 1.165) is 16.5 Å². The number of ether oxygens (including phenoxy) is 1. The van der Waals surface area contributed by atoms with E-state index in [4.69, 9.17) is 10.5 Å². The maximum atomic E-state index is 11.5. The molecule has 1 aromatic heterocycles. The summed E-state index contributed by atoms with van der Waals surface area (Å²) in [5.74, 6) is -0.347. The number of aryl methyl sites for hydroxylation is 1. The molecule has 96 valence electrons. The van der Waals surface area contributed by atoms with E-state index in [9.17, 15) is 4.79 Å². The predicted octanol–water partition coefficient (Wildman–Crippen LogP) is 1.91. The molecule has 1 unspecified atom stereocenters. The Morgan fingerprint density at radius 2 is 2.28 bits per heavy atom. The molecule has 3 N–H and O–H groups in total. The first-order valence-corrected chi connectivity index (χ1v) is 6.11. The van der Waals surface area contributed by atoms with Crippen molar-refractivity contribution in [2.24, 2.45) is 5.73 Å². The summed E-state index contributed by atoms with van der Waals surface area (Å²) in [7, 11) is 0. The zero-order chi connectivity index (χ0) is 13.1. The first-order chi connectivity index (χ1) is 8.63. The van der Waals surface area contributed by atoms with Crippen molar-refractivity contribution in [1.29, 1.82) is 0 Å². The maximum Gasteiger partial charge on any atom is 0.323 e. The molecule has 0 saturated heterocycles. The second-order valence-corrected chi connectivity index (χ2v) is 4.37. The third-order valence-corrected chi connectivity index (χ3v) is 3.02. The van der Waals surface area contributed by atoms with E-state index in [0.29, 0.717) is 13.0 Å². The Bertz CT molecular complexity index is 560. The summed E-state index contributed by atoms with van der Waals surface area (Å²) >= 11 is 0. The lowest BCUT2D eigenvalue weighted by molar-refractivity contribution is -0.144. The monoisotopic (exact) mass is 246 g/mol. The molecule has 0 radical (unpaired) electrons. The summed E-state index contributed by atoms with van der Waals surface area (Å²) in [5.41, 5.74) is 9.16. The van der Waals surface area contributed by atoms with Gasteiger partial charge in [0.2, 0.25) is 0 Å². The highest BCUT2D eigenvalue weighted by molar-refractivity contribution is 5.87. The van der Waals surface area contributed by atoms with Gasteiger partial charge in [-0.1, -0.05) is 12.1 Å². The topological polar surface area (TPSA) is 68.1 Å². The van der Waals surface area contributed by atoms with E-state index in [1.807, 2.05) is 18.3 Å². The molecule has 0 spiro atoms. The molecule has 0 aliphatic rings. The Morgan fingerprint density at radius 3 is 3.00 bits per heavy atom. The van der Waals surface area contributed by atoms with Crippen LogP contribution in [0, 0.1) is 6.92 Å². The fraction of sp³-hybridized carbons (Fsp3) is 0.357. The highest BCUT2D eigenvalue weighted by Crippen LogP contribution is 2.22. The number of nitrogens with two attached hydrogens (primary N) is 1. The molecule has 1 aromatic carbocycles. The van der Waals surface area contributed by atoms with Crippen LogP contribution in [0.3, 0.4) is 0 Å². The molecule has 0 aliphatic carbocycles. The second kappa shape index (κ2) is 5.23. The minimum Gasteiger partial charge on any atom is -0.465 e. The van der Waals surface area contributed by atoms with Gasteiger partial charge in [0, 0.05) is 23.5 Å². The van der Waals surface area contributed by atoms with Crippen LogP contribution in [0.15, 0.2) is 24.4 Å². The highest BCUT2D eigenvalue weighted by Gasteiger charge is 2.17. The van der Waals surface area contributed by atoms with Crippen molar-refractivity contribution in [3.8, 4) is 0 Å². The largest absolute Gasteiger partial charge is 0.465 e. The molecule has 0 saturated carbocycles. The summed E-state index contributed by atoms with van der Waals surface area (Å²) < 4.78 is 4.92. The molecule has 0 bridgehead atoms. The van der Waals surface area contributed by atoms with Gasteiger partial charge < -0.3 is 15.5 Å². The van der Waals surface area contributed by atoms with Crippen molar-refractivity contribution in [3.05, 3.63) is 35.5 Å². The lowest BCUT2D eigenvalue weighted by Crippen LogP contribution is -2.34. The van der Waals surface area contributed by atoms with E-state index in [2.05, 4.69) is 18.0 Å². The van der Waals surface area contributed by atoms with Gasteiger partial charge in [-0.15, -0.1) is 0 Å². The van der Waals surface area contributed by atoms with E-state index < -0.39 is 6.04 Å². The first-order valence-electron chi connectivity index (χ1n) is 6.11. The number of rotatable bonds is 4. The molecule has 2 aromatic rings. The molecule has 0 aliphatic heterocycles. The number of aromatic nitrogens is 1. The summed E-state index contributed by atoms with van der Waals surface area (Å²) in [6.45, 7) is 4.19. The molecular formula is C14H18N2O2. The van der Waals surface area contributed by atoms with Gasteiger partial charge in [-0.2, -0.15) is 0 Å². The van der Waals surface area contributed by atoms with Crippen LogP contribution in [-0.4, -0.2) is 23.6 Å². The molecule has 2 rings (SSSR count). The van der Waals surface area contributed by atoms with Crippen molar-refractivity contribution in [1.82, 2.24) is 4.98 Å². The standard InChI is InChI=1S/C14H18N2O2/c1-3-18-14(17)11(15)7-10-8-16-12-6-4-5-9(2)13(10)12/h4-6,8,11,16H,3,7,15H2,1-2H3. The van der Waals surface area contributed by atoms with Crippen LogP contribution >= 0.6 is 0 Å². The maximum absolute atomic E-state index is 11.5. The summed E-state index contributed by atoms with van der Waals surface area (Å²) in [6.07, 6.45) is 2.40. The second-order valence-electron chi connectivity index (χ2n) is 4.37. The normalized spacial score (nSPS) is 12.6. The van der Waals surface area contributed by atoms with Crippen LogP contribution in [0.25, 0.3) is 10.9 Å². The Kier molecular flexibility index (Phi) is 3.67. The molecule has 0 fully saturated rings. The lowest BCUT2D eigenvalue weighted by Gasteiger charge is -2.10. The van der Waals surface area contributed by atoms with Crippen LogP contribution in [0.4, 0.5) is 0 Å². The molecule has 1 heterocycles. The van der Waals surface area contributed by atoms with Crippen LogP contribution < -0.4 is 5.73 Å². The number of fused-ring (bicyclic) bond motifs is 1. The number of H-pyrrole nitrogens is 1.